The number of amides is 1. The molecule has 8 heteroatoms. The lowest BCUT2D eigenvalue weighted by Crippen LogP contribution is -2.23. The van der Waals surface area contributed by atoms with Crippen LogP contribution in [0.5, 0.6) is 17.2 Å². The van der Waals surface area contributed by atoms with Crippen molar-refractivity contribution in [2.75, 3.05) is 13.9 Å². The zero-order valence-corrected chi connectivity index (χ0v) is 17.8. The Balaban J connectivity index is 1.20. The third-order valence-corrected chi connectivity index (χ3v) is 6.09. The lowest BCUT2D eigenvalue weighted by molar-refractivity contribution is -0.121. The molecular formula is C23H21N3O4S. The molecule has 4 aromatic rings. The van der Waals surface area contributed by atoms with Gasteiger partial charge < -0.3 is 19.5 Å². The molecule has 0 fully saturated rings. The van der Waals surface area contributed by atoms with Gasteiger partial charge in [-0.3, -0.25) is 9.20 Å². The van der Waals surface area contributed by atoms with E-state index < -0.39 is 0 Å². The van der Waals surface area contributed by atoms with Crippen LogP contribution in [0.1, 0.15) is 17.7 Å². The number of aromatic nitrogens is 2. The van der Waals surface area contributed by atoms with Crippen LogP contribution in [0.3, 0.4) is 0 Å². The Morgan fingerprint density at radius 3 is 2.87 bits per heavy atom. The second kappa shape index (κ2) is 8.31. The molecule has 2 aromatic carbocycles. The summed E-state index contributed by atoms with van der Waals surface area (Å²) in [5, 5.41) is 5.03. The summed E-state index contributed by atoms with van der Waals surface area (Å²) in [4.78, 5) is 18.0. The van der Waals surface area contributed by atoms with Crippen molar-refractivity contribution in [1.82, 2.24) is 14.7 Å². The van der Waals surface area contributed by atoms with Crippen LogP contribution in [0, 0.1) is 0 Å². The number of nitrogens with one attached hydrogen (secondary N) is 1. The summed E-state index contributed by atoms with van der Waals surface area (Å²) >= 11 is 1.58. The molecule has 0 aliphatic carbocycles. The molecule has 7 nitrogen and oxygen atoms in total. The number of ether oxygens (including phenoxy) is 3. The number of carbonyl (C=O) groups excluding carboxylic acids is 1. The number of carbonyl (C=O) groups is 1. The molecule has 1 amide bonds. The second-order valence-corrected chi connectivity index (χ2v) is 8.04. The Morgan fingerprint density at radius 1 is 1.19 bits per heavy atom. The third-order valence-electron chi connectivity index (χ3n) is 5.20. The highest BCUT2D eigenvalue weighted by Crippen LogP contribution is 2.32. The van der Waals surface area contributed by atoms with Crippen molar-refractivity contribution in [3.63, 3.8) is 0 Å². The minimum absolute atomic E-state index is 0.00695. The minimum Gasteiger partial charge on any atom is -0.497 e. The highest BCUT2D eigenvalue weighted by atomic mass is 32.1. The van der Waals surface area contributed by atoms with Crippen LogP contribution in [0.4, 0.5) is 0 Å². The first-order chi connectivity index (χ1) is 15.2. The molecule has 0 spiro atoms. The second-order valence-electron chi connectivity index (χ2n) is 7.20. The first-order valence-corrected chi connectivity index (χ1v) is 10.8. The van der Waals surface area contributed by atoms with Gasteiger partial charge in [-0.2, -0.15) is 0 Å². The van der Waals surface area contributed by atoms with Gasteiger partial charge in [0, 0.05) is 35.8 Å². The molecule has 0 saturated carbocycles. The van der Waals surface area contributed by atoms with Crippen molar-refractivity contribution in [1.29, 1.82) is 0 Å². The van der Waals surface area contributed by atoms with E-state index in [1.807, 2.05) is 48.7 Å². The average molecular weight is 436 g/mol. The van der Waals surface area contributed by atoms with Crippen LogP contribution < -0.4 is 19.5 Å². The van der Waals surface area contributed by atoms with Gasteiger partial charge in [-0.05, 0) is 48.4 Å². The number of fused-ring (bicyclic) bond motifs is 2. The van der Waals surface area contributed by atoms with E-state index in [0.717, 1.165) is 44.7 Å². The Bertz CT molecular complexity index is 1230. The number of methoxy groups -OCH3 is 1. The average Bonchev–Trinajstić information content (AvgIpc) is 3.52. The number of nitrogens with zero attached hydrogens (tertiary/aromatic N) is 2. The Morgan fingerprint density at radius 2 is 2.03 bits per heavy atom. The molecule has 1 N–H and O–H groups in total. The van der Waals surface area contributed by atoms with E-state index in [4.69, 9.17) is 19.2 Å². The van der Waals surface area contributed by atoms with E-state index >= 15 is 0 Å². The van der Waals surface area contributed by atoms with E-state index in [1.165, 1.54) is 0 Å². The van der Waals surface area contributed by atoms with Crippen molar-refractivity contribution in [2.24, 2.45) is 0 Å². The van der Waals surface area contributed by atoms with E-state index in [1.54, 1.807) is 18.4 Å². The first kappa shape index (κ1) is 19.4. The number of hydrogen-bond acceptors (Lipinski definition) is 6. The van der Waals surface area contributed by atoms with Crippen molar-refractivity contribution >= 4 is 22.2 Å². The van der Waals surface area contributed by atoms with Crippen molar-refractivity contribution < 1.29 is 19.0 Å². The van der Waals surface area contributed by atoms with E-state index in [0.29, 0.717) is 19.4 Å². The maximum atomic E-state index is 12.4. The molecule has 3 heterocycles. The maximum Gasteiger partial charge on any atom is 0.231 e. The van der Waals surface area contributed by atoms with Gasteiger partial charge >= 0.3 is 0 Å². The highest BCUT2D eigenvalue weighted by Gasteiger charge is 2.14. The molecular weight excluding hydrogens is 414 g/mol. The van der Waals surface area contributed by atoms with Crippen LogP contribution in [0.2, 0.25) is 0 Å². The first-order valence-electron chi connectivity index (χ1n) is 9.95. The Labute approximate surface area is 183 Å². The van der Waals surface area contributed by atoms with Gasteiger partial charge in [0.25, 0.3) is 0 Å². The van der Waals surface area contributed by atoms with Gasteiger partial charge in [-0.25, -0.2) is 4.98 Å². The van der Waals surface area contributed by atoms with E-state index in [-0.39, 0.29) is 12.7 Å². The van der Waals surface area contributed by atoms with E-state index in [2.05, 4.69) is 15.1 Å². The highest BCUT2D eigenvalue weighted by molar-refractivity contribution is 7.15. The lowest BCUT2D eigenvalue weighted by atomic mass is 10.1. The summed E-state index contributed by atoms with van der Waals surface area (Å²) in [6.45, 7) is 0.704. The number of imidazole rings is 1. The fraction of sp³-hybridized carbons (Fsp3) is 0.217. The topological polar surface area (TPSA) is 74.1 Å². The zero-order chi connectivity index (χ0) is 21.2. The van der Waals surface area contributed by atoms with Gasteiger partial charge in [-0.1, -0.05) is 6.07 Å². The van der Waals surface area contributed by atoms with Crippen molar-refractivity contribution in [3.05, 3.63) is 65.3 Å². The fourth-order valence-electron chi connectivity index (χ4n) is 3.49. The van der Waals surface area contributed by atoms with Crippen LogP contribution in [0.15, 0.2) is 54.0 Å². The summed E-state index contributed by atoms with van der Waals surface area (Å²) in [7, 11) is 1.65. The molecule has 2 aromatic heterocycles. The minimum atomic E-state index is 0.00695. The molecule has 0 radical (unpaired) electrons. The Hall–Kier alpha value is -3.52. The molecule has 0 bridgehead atoms. The monoisotopic (exact) mass is 435 g/mol. The molecule has 5 rings (SSSR count). The molecule has 1 aliphatic heterocycles. The van der Waals surface area contributed by atoms with Crippen molar-refractivity contribution in [2.45, 2.75) is 19.4 Å². The molecule has 158 valence electrons. The van der Waals surface area contributed by atoms with Gasteiger partial charge in [0.05, 0.1) is 12.8 Å². The maximum absolute atomic E-state index is 12.4. The molecule has 0 saturated heterocycles. The van der Waals surface area contributed by atoms with Crippen LogP contribution >= 0.6 is 11.3 Å². The van der Waals surface area contributed by atoms with Gasteiger partial charge in [-0.15, -0.1) is 11.3 Å². The predicted molar refractivity (Wildman–Crippen MR) is 118 cm³/mol. The van der Waals surface area contributed by atoms with Crippen LogP contribution in [-0.2, 0) is 17.8 Å². The standard InChI is InChI=1S/C23H21N3O4S/c1-28-18-6-3-16(4-7-18)19-12-26-17(13-31-23(26)25-19)5-9-22(27)24-11-15-2-8-20-21(10-15)30-14-29-20/h2-4,6-8,10,12-13H,5,9,11,14H2,1H3,(H,24,27). The smallest absolute Gasteiger partial charge is 0.231 e. The normalized spacial score (nSPS) is 12.3. The lowest BCUT2D eigenvalue weighted by Gasteiger charge is -2.06. The number of thiazole rings is 1. The summed E-state index contributed by atoms with van der Waals surface area (Å²) < 4.78 is 18.0. The third kappa shape index (κ3) is 4.06. The summed E-state index contributed by atoms with van der Waals surface area (Å²) in [6.07, 6.45) is 3.07. The molecule has 0 unspecified atom stereocenters. The summed E-state index contributed by atoms with van der Waals surface area (Å²) in [5.74, 6) is 2.29. The van der Waals surface area contributed by atoms with Gasteiger partial charge in [0.15, 0.2) is 16.5 Å². The summed E-state index contributed by atoms with van der Waals surface area (Å²) in [5.41, 5.74) is 3.99. The number of aryl methyl sites for hydroxylation is 1. The Kier molecular flexibility index (Phi) is 5.21. The van der Waals surface area contributed by atoms with Crippen LogP contribution in [-0.4, -0.2) is 29.2 Å². The quantitative estimate of drug-likeness (QED) is 0.474. The SMILES string of the molecule is COc1ccc(-c2cn3c(CCC(=O)NCc4ccc5c(c4)OCO5)csc3n2)cc1. The molecule has 1 aliphatic rings. The number of hydrogen-bond donors (Lipinski definition) is 1. The van der Waals surface area contributed by atoms with Crippen LogP contribution in [0.25, 0.3) is 16.2 Å². The summed E-state index contributed by atoms with van der Waals surface area (Å²) in [6, 6.07) is 13.5. The fourth-order valence-corrected chi connectivity index (χ4v) is 4.40. The predicted octanol–water partition coefficient (Wildman–Crippen LogP) is 4.05. The molecule has 31 heavy (non-hydrogen) atoms. The van der Waals surface area contributed by atoms with E-state index in [9.17, 15) is 4.79 Å². The molecule has 0 atom stereocenters. The van der Waals surface area contributed by atoms with Gasteiger partial charge in [0.1, 0.15) is 5.75 Å². The van der Waals surface area contributed by atoms with Gasteiger partial charge in [0.2, 0.25) is 12.7 Å². The zero-order valence-electron chi connectivity index (χ0n) is 17.0. The number of benzene rings is 2. The largest absolute Gasteiger partial charge is 0.497 e. The number of rotatable bonds is 7. The van der Waals surface area contributed by atoms with Crippen molar-refractivity contribution in [3.8, 4) is 28.5 Å².